The third-order valence-corrected chi connectivity index (χ3v) is 1.62. The van der Waals surface area contributed by atoms with E-state index >= 15 is 0 Å². The van der Waals surface area contributed by atoms with Gasteiger partial charge in [0.25, 0.3) is 0 Å². The third-order valence-electron chi connectivity index (χ3n) is 1.26. The van der Waals surface area contributed by atoms with Crippen LogP contribution in [0, 0.1) is 5.82 Å². The van der Waals surface area contributed by atoms with Crippen molar-refractivity contribution in [3.05, 3.63) is 41.1 Å². The second-order valence-electron chi connectivity index (χ2n) is 2.08. The van der Waals surface area contributed by atoms with Crippen LogP contribution in [0.1, 0.15) is 5.56 Å². The summed E-state index contributed by atoms with van der Waals surface area (Å²) >= 11 is -2.27. The fourth-order valence-electron chi connectivity index (χ4n) is 0.739. The zero-order chi connectivity index (χ0) is 8.97. The van der Waals surface area contributed by atoms with Gasteiger partial charge in [0.1, 0.15) is 5.82 Å². The Balaban J connectivity index is 0.00000144. The molecule has 1 aromatic carbocycles. The molecule has 0 spiro atoms. The Bertz CT molecular complexity index is 328. The molecule has 1 aromatic rings. The second-order valence-corrected chi connectivity index (χ2v) is 2.88. The molecule has 0 aliphatic carbocycles. The minimum Gasteiger partial charge on any atom is -0.769 e. The van der Waals surface area contributed by atoms with E-state index in [1.165, 1.54) is 18.2 Å². The SMILES string of the molecule is O=S([O-])/C=C/c1ccccc1F.[Na+]. The van der Waals surface area contributed by atoms with E-state index in [2.05, 4.69) is 0 Å². The molecule has 5 heteroatoms. The van der Waals surface area contributed by atoms with Crippen LogP contribution in [-0.4, -0.2) is 8.76 Å². The Morgan fingerprint density at radius 1 is 1.38 bits per heavy atom. The van der Waals surface area contributed by atoms with Crippen molar-refractivity contribution >= 4 is 17.2 Å². The molecule has 1 rings (SSSR count). The van der Waals surface area contributed by atoms with Gasteiger partial charge in [0.05, 0.1) is 0 Å². The molecule has 0 heterocycles. The van der Waals surface area contributed by atoms with Crippen LogP contribution in [0.25, 0.3) is 6.08 Å². The molecule has 0 amide bonds. The smallest absolute Gasteiger partial charge is 0.769 e. The van der Waals surface area contributed by atoms with Crippen molar-refractivity contribution in [2.75, 3.05) is 0 Å². The van der Waals surface area contributed by atoms with Crippen molar-refractivity contribution in [3.63, 3.8) is 0 Å². The van der Waals surface area contributed by atoms with E-state index in [1.807, 2.05) is 0 Å². The first-order chi connectivity index (χ1) is 5.70. The van der Waals surface area contributed by atoms with Gasteiger partial charge >= 0.3 is 29.6 Å². The molecule has 0 bridgehead atoms. The van der Waals surface area contributed by atoms with Crippen molar-refractivity contribution < 1.29 is 42.7 Å². The molecule has 0 aromatic heterocycles. The van der Waals surface area contributed by atoms with E-state index in [0.717, 1.165) is 5.41 Å². The van der Waals surface area contributed by atoms with Crippen molar-refractivity contribution in [1.82, 2.24) is 0 Å². The molecule has 13 heavy (non-hydrogen) atoms. The van der Waals surface area contributed by atoms with Gasteiger partial charge in [-0.2, -0.15) is 0 Å². The van der Waals surface area contributed by atoms with Gasteiger partial charge in [-0.25, -0.2) is 4.39 Å². The van der Waals surface area contributed by atoms with E-state index in [0.29, 0.717) is 0 Å². The first-order valence-electron chi connectivity index (χ1n) is 3.21. The minimum absolute atomic E-state index is 0. The second kappa shape index (κ2) is 6.45. The van der Waals surface area contributed by atoms with E-state index in [1.54, 1.807) is 12.1 Å². The third kappa shape index (κ3) is 4.69. The number of hydrogen-bond donors (Lipinski definition) is 0. The first kappa shape index (κ1) is 13.0. The average molecular weight is 208 g/mol. The fraction of sp³-hybridized carbons (Fsp3) is 0. The van der Waals surface area contributed by atoms with Crippen LogP contribution in [0.15, 0.2) is 29.7 Å². The van der Waals surface area contributed by atoms with E-state index < -0.39 is 16.9 Å². The summed E-state index contributed by atoms with van der Waals surface area (Å²) in [7, 11) is 0. The van der Waals surface area contributed by atoms with Crippen LogP contribution in [0.3, 0.4) is 0 Å². The molecule has 0 saturated heterocycles. The molecular weight excluding hydrogens is 202 g/mol. The van der Waals surface area contributed by atoms with E-state index in [9.17, 15) is 13.2 Å². The molecule has 0 N–H and O–H groups in total. The maximum absolute atomic E-state index is 12.8. The van der Waals surface area contributed by atoms with Gasteiger partial charge in [0.15, 0.2) is 0 Å². The maximum Gasteiger partial charge on any atom is 1.00 e. The molecule has 1 atom stereocenters. The van der Waals surface area contributed by atoms with Crippen molar-refractivity contribution in [2.45, 2.75) is 0 Å². The average Bonchev–Trinajstić information content (AvgIpc) is 2.03. The van der Waals surface area contributed by atoms with Gasteiger partial charge in [0, 0.05) is 5.56 Å². The summed E-state index contributed by atoms with van der Waals surface area (Å²) in [4.78, 5) is 0. The summed E-state index contributed by atoms with van der Waals surface area (Å²) in [6.45, 7) is 0. The van der Waals surface area contributed by atoms with Gasteiger partial charge in [0.2, 0.25) is 0 Å². The van der Waals surface area contributed by atoms with Gasteiger partial charge in [-0.3, -0.25) is 4.21 Å². The Morgan fingerprint density at radius 3 is 2.54 bits per heavy atom. The Labute approximate surface area is 100 Å². The predicted molar refractivity (Wildman–Crippen MR) is 44.4 cm³/mol. The van der Waals surface area contributed by atoms with E-state index in [4.69, 9.17) is 0 Å². The summed E-state index contributed by atoms with van der Waals surface area (Å²) in [5, 5.41) is 0.901. The summed E-state index contributed by atoms with van der Waals surface area (Å²) in [5.74, 6) is -0.431. The summed E-state index contributed by atoms with van der Waals surface area (Å²) < 4.78 is 32.9. The summed E-state index contributed by atoms with van der Waals surface area (Å²) in [6, 6.07) is 5.95. The van der Waals surface area contributed by atoms with Crippen LogP contribution < -0.4 is 29.6 Å². The standard InChI is InChI=1S/C8H7FO2S.Na/c9-8-4-2-1-3-7(8)5-6-12(10)11;/h1-6H,(H,10,11);/q;+1/p-1/b6-5+;. The quantitative estimate of drug-likeness (QED) is 0.447. The molecule has 2 nitrogen and oxygen atoms in total. The van der Waals surface area contributed by atoms with E-state index in [-0.39, 0.29) is 35.1 Å². The molecule has 1 unspecified atom stereocenters. The fourth-order valence-corrected chi connectivity index (χ4v) is 0.997. The van der Waals surface area contributed by atoms with Crippen LogP contribution >= 0.6 is 0 Å². The largest absolute Gasteiger partial charge is 1.00 e. The van der Waals surface area contributed by atoms with Gasteiger partial charge < -0.3 is 4.55 Å². The molecule has 0 fully saturated rings. The van der Waals surface area contributed by atoms with Crippen molar-refractivity contribution in [3.8, 4) is 0 Å². The van der Waals surface area contributed by atoms with Gasteiger partial charge in [-0.15, -0.1) is 0 Å². The Hall–Kier alpha value is 0. The molecule has 0 aliphatic rings. The predicted octanol–water partition coefficient (Wildman–Crippen LogP) is -1.32. The van der Waals surface area contributed by atoms with Gasteiger partial charge in [-0.05, 0) is 28.6 Å². The van der Waals surface area contributed by atoms with Crippen molar-refractivity contribution in [1.29, 1.82) is 0 Å². The maximum atomic E-state index is 12.8. The number of rotatable bonds is 2. The molecular formula is C8H6FNaO2S. The topological polar surface area (TPSA) is 40.1 Å². The number of hydrogen-bond acceptors (Lipinski definition) is 2. The van der Waals surface area contributed by atoms with Crippen LogP contribution in [0.5, 0.6) is 0 Å². The van der Waals surface area contributed by atoms with Crippen LogP contribution in [-0.2, 0) is 11.1 Å². The minimum atomic E-state index is -2.27. The first-order valence-corrected chi connectivity index (χ1v) is 4.35. The van der Waals surface area contributed by atoms with Crippen LogP contribution in [0.4, 0.5) is 4.39 Å². The van der Waals surface area contributed by atoms with Crippen LogP contribution in [0.2, 0.25) is 0 Å². The van der Waals surface area contributed by atoms with Crippen molar-refractivity contribution in [2.24, 2.45) is 0 Å². The monoisotopic (exact) mass is 208 g/mol. The molecule has 0 radical (unpaired) electrons. The summed E-state index contributed by atoms with van der Waals surface area (Å²) in [6.07, 6.45) is 1.21. The van der Waals surface area contributed by atoms with Gasteiger partial charge in [-0.1, -0.05) is 18.2 Å². The molecule has 0 saturated carbocycles. The normalized spacial score (nSPS) is 12.5. The summed E-state index contributed by atoms with van der Waals surface area (Å²) in [5.41, 5.74) is 0.265. The Kier molecular flexibility index (Phi) is 6.45. The molecule has 0 aliphatic heterocycles. The Morgan fingerprint density at radius 2 is 2.00 bits per heavy atom. The number of benzene rings is 1. The number of halogens is 1. The molecule has 64 valence electrons. The zero-order valence-electron chi connectivity index (χ0n) is 7.07. The zero-order valence-corrected chi connectivity index (χ0v) is 9.88.